The standard InChI is InChI=1S/C15H21FO3/c1-9-5-11(6-10(2)14(9)16)12(17)7-15(3,4)8-13(18)19/h5-6,12,17H,7-8H2,1-4H3,(H,18,19). The summed E-state index contributed by atoms with van der Waals surface area (Å²) < 4.78 is 13.5. The number of aliphatic hydroxyl groups is 1. The van der Waals surface area contributed by atoms with Gasteiger partial charge < -0.3 is 10.2 Å². The Balaban J connectivity index is 2.89. The lowest BCUT2D eigenvalue weighted by Crippen LogP contribution is -2.20. The molecule has 1 rings (SSSR count). The first-order valence-electron chi connectivity index (χ1n) is 6.29. The predicted molar refractivity (Wildman–Crippen MR) is 71.5 cm³/mol. The second-order valence-electron chi connectivity index (χ2n) is 5.92. The number of carbonyl (C=O) groups is 1. The van der Waals surface area contributed by atoms with E-state index in [2.05, 4.69) is 0 Å². The number of aliphatic carboxylic acids is 1. The minimum Gasteiger partial charge on any atom is -0.481 e. The summed E-state index contributed by atoms with van der Waals surface area (Å²) in [6, 6.07) is 3.23. The molecule has 1 atom stereocenters. The summed E-state index contributed by atoms with van der Waals surface area (Å²) in [6.45, 7) is 6.91. The highest BCUT2D eigenvalue weighted by Gasteiger charge is 2.26. The molecular formula is C15H21FO3. The summed E-state index contributed by atoms with van der Waals surface area (Å²) in [5.74, 6) is -1.15. The fraction of sp³-hybridized carbons (Fsp3) is 0.533. The van der Waals surface area contributed by atoms with Crippen molar-refractivity contribution in [3.05, 3.63) is 34.6 Å². The van der Waals surface area contributed by atoms with Crippen molar-refractivity contribution in [2.24, 2.45) is 5.41 Å². The van der Waals surface area contributed by atoms with E-state index in [9.17, 15) is 14.3 Å². The third kappa shape index (κ3) is 4.31. The van der Waals surface area contributed by atoms with Gasteiger partial charge in [-0.25, -0.2) is 4.39 Å². The van der Waals surface area contributed by atoms with Crippen molar-refractivity contribution >= 4 is 5.97 Å². The number of benzene rings is 1. The minimum atomic E-state index is -0.885. The lowest BCUT2D eigenvalue weighted by Gasteiger charge is -2.26. The average Bonchev–Trinajstić information content (AvgIpc) is 2.22. The molecule has 0 spiro atoms. The van der Waals surface area contributed by atoms with Crippen LogP contribution in [0.5, 0.6) is 0 Å². The van der Waals surface area contributed by atoms with Crippen LogP contribution < -0.4 is 0 Å². The topological polar surface area (TPSA) is 57.5 Å². The molecule has 0 saturated heterocycles. The van der Waals surface area contributed by atoms with Gasteiger partial charge in [0, 0.05) is 0 Å². The molecule has 106 valence electrons. The van der Waals surface area contributed by atoms with Crippen molar-refractivity contribution in [1.82, 2.24) is 0 Å². The van der Waals surface area contributed by atoms with E-state index in [1.54, 1.807) is 39.8 Å². The van der Waals surface area contributed by atoms with Gasteiger partial charge in [-0.15, -0.1) is 0 Å². The summed E-state index contributed by atoms with van der Waals surface area (Å²) in [4.78, 5) is 10.8. The van der Waals surface area contributed by atoms with E-state index in [0.29, 0.717) is 23.1 Å². The van der Waals surface area contributed by atoms with E-state index in [1.807, 2.05) is 0 Å². The highest BCUT2D eigenvalue weighted by molar-refractivity contribution is 5.67. The number of rotatable bonds is 5. The van der Waals surface area contributed by atoms with E-state index < -0.39 is 17.5 Å². The predicted octanol–water partition coefficient (Wildman–Crippen LogP) is 3.37. The van der Waals surface area contributed by atoms with Crippen LogP contribution in [0.4, 0.5) is 4.39 Å². The zero-order valence-corrected chi connectivity index (χ0v) is 11.8. The second-order valence-corrected chi connectivity index (χ2v) is 5.92. The van der Waals surface area contributed by atoms with Crippen LogP contribution in [0, 0.1) is 25.1 Å². The molecule has 0 aliphatic rings. The average molecular weight is 268 g/mol. The van der Waals surface area contributed by atoms with Crippen LogP contribution in [0.15, 0.2) is 12.1 Å². The fourth-order valence-corrected chi connectivity index (χ4v) is 2.29. The molecule has 0 bridgehead atoms. The molecule has 0 aliphatic heterocycles. The Morgan fingerprint density at radius 1 is 1.32 bits per heavy atom. The maximum absolute atomic E-state index is 13.5. The fourth-order valence-electron chi connectivity index (χ4n) is 2.29. The number of hydrogen-bond acceptors (Lipinski definition) is 2. The molecule has 0 aliphatic carbocycles. The third-order valence-electron chi connectivity index (χ3n) is 3.22. The van der Waals surface area contributed by atoms with Gasteiger partial charge in [0.2, 0.25) is 0 Å². The Morgan fingerprint density at radius 3 is 2.21 bits per heavy atom. The van der Waals surface area contributed by atoms with Gasteiger partial charge in [0.05, 0.1) is 12.5 Å². The molecule has 2 N–H and O–H groups in total. The Labute approximate surface area is 113 Å². The van der Waals surface area contributed by atoms with Gasteiger partial charge in [0.15, 0.2) is 0 Å². The van der Waals surface area contributed by atoms with E-state index in [0.717, 1.165) is 0 Å². The number of halogens is 1. The van der Waals surface area contributed by atoms with Gasteiger partial charge in [-0.1, -0.05) is 26.0 Å². The van der Waals surface area contributed by atoms with Crippen LogP contribution in [-0.4, -0.2) is 16.2 Å². The zero-order chi connectivity index (χ0) is 14.8. The lowest BCUT2D eigenvalue weighted by atomic mass is 9.81. The van der Waals surface area contributed by atoms with Crippen LogP contribution in [0.1, 0.15) is 49.5 Å². The summed E-state index contributed by atoms with van der Waals surface area (Å²) in [6.07, 6.45) is -0.472. The van der Waals surface area contributed by atoms with Gasteiger partial charge in [-0.2, -0.15) is 0 Å². The Kier molecular flexibility index (Phi) is 4.69. The van der Waals surface area contributed by atoms with Crippen LogP contribution in [0.2, 0.25) is 0 Å². The first-order valence-corrected chi connectivity index (χ1v) is 6.29. The number of carboxylic acids is 1. The van der Waals surface area contributed by atoms with Crippen molar-refractivity contribution in [2.45, 2.75) is 46.6 Å². The largest absolute Gasteiger partial charge is 0.481 e. The first kappa shape index (κ1) is 15.6. The summed E-state index contributed by atoms with van der Waals surface area (Å²) in [5.41, 5.74) is 1.10. The van der Waals surface area contributed by atoms with Crippen molar-refractivity contribution in [3.63, 3.8) is 0 Å². The molecule has 0 amide bonds. The maximum Gasteiger partial charge on any atom is 0.303 e. The molecule has 1 aromatic rings. The SMILES string of the molecule is Cc1cc(C(O)CC(C)(C)CC(=O)O)cc(C)c1F. The Hall–Kier alpha value is -1.42. The summed E-state index contributed by atoms with van der Waals surface area (Å²) >= 11 is 0. The Morgan fingerprint density at radius 2 is 1.79 bits per heavy atom. The van der Waals surface area contributed by atoms with Crippen molar-refractivity contribution < 1.29 is 19.4 Å². The van der Waals surface area contributed by atoms with Crippen LogP contribution >= 0.6 is 0 Å². The molecule has 0 fully saturated rings. The third-order valence-corrected chi connectivity index (χ3v) is 3.22. The molecule has 1 aromatic carbocycles. The Bertz CT molecular complexity index is 457. The van der Waals surface area contributed by atoms with Gasteiger partial charge in [-0.05, 0) is 42.4 Å². The molecule has 4 heteroatoms. The molecule has 0 radical (unpaired) electrons. The van der Waals surface area contributed by atoms with Gasteiger partial charge in [0.25, 0.3) is 0 Å². The van der Waals surface area contributed by atoms with Crippen molar-refractivity contribution in [2.75, 3.05) is 0 Å². The maximum atomic E-state index is 13.5. The zero-order valence-electron chi connectivity index (χ0n) is 11.8. The number of carboxylic acid groups (broad SMARTS) is 1. The number of aliphatic hydroxyl groups excluding tert-OH is 1. The highest BCUT2D eigenvalue weighted by Crippen LogP contribution is 2.33. The van der Waals surface area contributed by atoms with Crippen molar-refractivity contribution in [3.8, 4) is 0 Å². The molecule has 0 aromatic heterocycles. The molecular weight excluding hydrogens is 247 g/mol. The quantitative estimate of drug-likeness (QED) is 0.860. The van der Waals surface area contributed by atoms with E-state index in [4.69, 9.17) is 5.11 Å². The van der Waals surface area contributed by atoms with Crippen molar-refractivity contribution in [1.29, 1.82) is 0 Å². The van der Waals surface area contributed by atoms with Gasteiger partial charge in [-0.3, -0.25) is 4.79 Å². The van der Waals surface area contributed by atoms with E-state index >= 15 is 0 Å². The molecule has 0 heterocycles. The normalized spacial score (nSPS) is 13.4. The van der Waals surface area contributed by atoms with E-state index in [-0.39, 0.29) is 12.2 Å². The van der Waals surface area contributed by atoms with Gasteiger partial charge >= 0.3 is 5.97 Å². The van der Waals surface area contributed by atoms with Crippen LogP contribution in [0.3, 0.4) is 0 Å². The van der Waals surface area contributed by atoms with Gasteiger partial charge in [0.1, 0.15) is 5.82 Å². The highest BCUT2D eigenvalue weighted by atomic mass is 19.1. The monoisotopic (exact) mass is 268 g/mol. The first-order chi connectivity index (χ1) is 8.62. The van der Waals surface area contributed by atoms with Crippen LogP contribution in [0.25, 0.3) is 0 Å². The smallest absolute Gasteiger partial charge is 0.303 e. The summed E-state index contributed by atoms with van der Waals surface area (Å²) in [7, 11) is 0. The molecule has 0 saturated carbocycles. The van der Waals surface area contributed by atoms with E-state index in [1.165, 1.54) is 0 Å². The lowest BCUT2D eigenvalue weighted by molar-refractivity contribution is -0.139. The number of hydrogen-bond donors (Lipinski definition) is 2. The molecule has 3 nitrogen and oxygen atoms in total. The number of aryl methyl sites for hydroxylation is 2. The molecule has 1 unspecified atom stereocenters. The summed E-state index contributed by atoms with van der Waals surface area (Å²) in [5, 5.41) is 19.0. The van der Waals surface area contributed by atoms with Crippen LogP contribution in [-0.2, 0) is 4.79 Å². The second kappa shape index (κ2) is 5.70. The minimum absolute atomic E-state index is 0.0107. The molecule has 19 heavy (non-hydrogen) atoms.